The maximum atomic E-state index is 2.61. The van der Waals surface area contributed by atoms with Crippen molar-refractivity contribution in [1.82, 2.24) is 0 Å². The third-order valence-electron chi connectivity index (χ3n) is 9.07. The van der Waals surface area contributed by atoms with Crippen LogP contribution in [-0.2, 0) is 26.3 Å². The van der Waals surface area contributed by atoms with Crippen LogP contribution in [0.25, 0.3) is 33.9 Å². The number of hydrogen-bond acceptors (Lipinski definition) is 0. The number of fused-ring (bicyclic) bond motifs is 4. The Morgan fingerprint density at radius 1 is 0.634 bits per heavy atom. The Morgan fingerprint density at radius 2 is 1.27 bits per heavy atom. The third kappa shape index (κ3) is 4.25. The minimum atomic E-state index is -2.10. The molecule has 0 N–H and O–H groups in total. The quantitative estimate of drug-likeness (QED) is 0.253. The van der Waals surface area contributed by atoms with Crippen LogP contribution in [0.5, 0.6) is 0 Å². The van der Waals surface area contributed by atoms with Crippen molar-refractivity contribution in [1.29, 1.82) is 0 Å². The van der Waals surface area contributed by atoms with Gasteiger partial charge in [-0.3, -0.25) is 0 Å². The molecule has 0 amide bonds. The molecule has 4 heteroatoms. The second-order valence-corrected chi connectivity index (χ2v) is 27.2. The summed E-state index contributed by atoms with van der Waals surface area (Å²) >= 11 is -2.10. The van der Waals surface area contributed by atoms with Crippen LogP contribution in [-0.4, -0.2) is 5.92 Å². The Bertz CT molecular complexity index is 1810. The summed E-state index contributed by atoms with van der Waals surface area (Å²) in [5.74, 6) is -1.15. The molecule has 201 valence electrons. The van der Waals surface area contributed by atoms with Gasteiger partial charge in [0.15, 0.2) is 0 Å². The van der Waals surface area contributed by atoms with Crippen molar-refractivity contribution in [3.05, 3.63) is 138 Å². The van der Waals surface area contributed by atoms with E-state index in [2.05, 4.69) is 142 Å². The second kappa shape index (κ2) is 10.7. The first-order chi connectivity index (χ1) is 19.0. The van der Waals surface area contributed by atoms with Gasteiger partial charge in [0, 0.05) is 0 Å². The summed E-state index contributed by atoms with van der Waals surface area (Å²) in [7, 11) is 0. The van der Waals surface area contributed by atoms with Crippen LogP contribution < -0.4 is 38.5 Å². The van der Waals surface area contributed by atoms with E-state index in [0.717, 1.165) is 0 Å². The molecule has 0 nitrogen and oxygen atoms in total. The van der Waals surface area contributed by atoms with Crippen LogP contribution in [0.15, 0.2) is 115 Å². The van der Waals surface area contributed by atoms with Crippen molar-refractivity contribution in [3.63, 3.8) is 0 Å². The van der Waals surface area contributed by atoms with Gasteiger partial charge in [-0.1, -0.05) is 0 Å². The molecule has 5 aromatic carbocycles. The van der Waals surface area contributed by atoms with Gasteiger partial charge >= 0.3 is 242 Å². The van der Waals surface area contributed by atoms with E-state index in [1.807, 2.05) is 0 Å². The van der Waals surface area contributed by atoms with E-state index in [0.29, 0.717) is 3.63 Å². The summed E-state index contributed by atoms with van der Waals surface area (Å²) in [5.41, 5.74) is 13.5. The number of allylic oxidation sites excluding steroid dienone is 1. The molecule has 3 aliphatic rings. The maximum Gasteiger partial charge on any atom is -1.00 e. The minimum absolute atomic E-state index is 0. The molecule has 5 aromatic rings. The summed E-state index contributed by atoms with van der Waals surface area (Å²) in [5, 5.41) is 3.53. The number of rotatable bonds is 3. The molecule has 0 spiro atoms. The summed E-state index contributed by atoms with van der Waals surface area (Å²) in [4.78, 5) is 0. The van der Waals surface area contributed by atoms with Gasteiger partial charge in [-0.15, -0.1) is 0 Å². The van der Waals surface area contributed by atoms with Gasteiger partial charge in [-0.05, 0) is 0 Å². The van der Waals surface area contributed by atoms with E-state index in [1.165, 1.54) is 33.4 Å². The molecular weight excluding hydrogens is 635 g/mol. The number of benzene rings is 5. The van der Waals surface area contributed by atoms with Crippen LogP contribution in [0.2, 0.25) is 0 Å². The Morgan fingerprint density at radius 3 is 1.98 bits per heavy atom. The van der Waals surface area contributed by atoms with Crippen LogP contribution in [0, 0.1) is 0 Å². The first kappa shape index (κ1) is 28.6. The number of halogens is 2. The summed E-state index contributed by atoms with van der Waals surface area (Å²) in [6.07, 6.45) is 2.61. The van der Waals surface area contributed by atoms with Gasteiger partial charge in [-0.2, -0.15) is 0 Å². The molecule has 0 radical (unpaired) electrons. The fourth-order valence-corrected chi connectivity index (χ4v) is 33.3. The Hall–Kier alpha value is -2.48. The van der Waals surface area contributed by atoms with Gasteiger partial charge < -0.3 is 24.8 Å². The Kier molecular flexibility index (Phi) is 7.44. The first-order valence-electron chi connectivity index (χ1n) is 14.1. The molecule has 2 atom stereocenters. The molecule has 2 unspecified atom stereocenters. The van der Waals surface area contributed by atoms with Crippen molar-refractivity contribution in [3.8, 4) is 22.3 Å². The SMILES string of the molecule is CC(C)(C)c1ccc2c(c1-c1ccccc1)C=C(c1ccccc1)[CH]2[Zr+2]1[c]2cccc3c2[SiH]1c1ccccc1-3.[Cl-].[Cl-]. The van der Waals surface area contributed by atoms with Gasteiger partial charge in [0.2, 0.25) is 0 Å². The molecule has 0 aromatic heterocycles. The normalized spacial score (nSPS) is 17.3. The molecule has 0 saturated carbocycles. The van der Waals surface area contributed by atoms with Crippen LogP contribution in [0.4, 0.5) is 0 Å². The molecule has 41 heavy (non-hydrogen) atoms. The van der Waals surface area contributed by atoms with E-state index >= 15 is 0 Å². The smallest absolute Gasteiger partial charge is 1.00 e. The molecule has 8 rings (SSSR count). The Labute approximate surface area is 264 Å². The van der Waals surface area contributed by atoms with Crippen molar-refractivity contribution in [2.45, 2.75) is 29.8 Å². The molecule has 2 aliphatic heterocycles. The second-order valence-electron chi connectivity index (χ2n) is 12.2. The molecule has 2 heterocycles. The van der Waals surface area contributed by atoms with Crippen LogP contribution in [0.1, 0.15) is 46.7 Å². The van der Waals surface area contributed by atoms with Crippen molar-refractivity contribution < 1.29 is 45.7 Å². The molecule has 1 aliphatic carbocycles. The molecule has 0 bridgehead atoms. The van der Waals surface area contributed by atoms with Crippen molar-refractivity contribution >= 4 is 31.2 Å². The molecular formula is C37H31Cl2SiZr. The average Bonchev–Trinajstić information content (AvgIpc) is 3.48. The minimum Gasteiger partial charge on any atom is -1.00 e. The van der Waals surface area contributed by atoms with Crippen LogP contribution in [0.3, 0.4) is 0 Å². The van der Waals surface area contributed by atoms with E-state index in [1.54, 1.807) is 30.3 Å². The van der Waals surface area contributed by atoms with E-state index in [4.69, 9.17) is 0 Å². The zero-order valence-corrected chi connectivity index (χ0v) is 28.6. The van der Waals surface area contributed by atoms with Gasteiger partial charge in [0.25, 0.3) is 0 Å². The van der Waals surface area contributed by atoms with E-state index in [9.17, 15) is 0 Å². The standard InChI is InChI=1S/C25H23.C12H8Si.2ClH.Zr/c1-25(2,3)23-15-14-20-16-21(18-10-6-4-7-11-18)17-22(20)24(23)19-12-8-5-9-13-19;1-3-7-11-9(5-1)10-6-2-4-8-12(10)13-11;;;/h4-17H,1-3H3;1-7,13H;2*1H;/q;;;;+2/p-2. The summed E-state index contributed by atoms with van der Waals surface area (Å²) < 4.78 is 2.37. The predicted octanol–water partition coefficient (Wildman–Crippen LogP) is 1.03. The number of hydrogen-bond donors (Lipinski definition) is 0. The topological polar surface area (TPSA) is 0 Å². The zero-order chi connectivity index (χ0) is 26.3. The van der Waals surface area contributed by atoms with Crippen molar-refractivity contribution in [2.24, 2.45) is 0 Å². The predicted molar refractivity (Wildman–Crippen MR) is 166 cm³/mol. The van der Waals surface area contributed by atoms with Crippen LogP contribution >= 0.6 is 0 Å². The Balaban J connectivity index is 0.00000151. The zero-order valence-electron chi connectivity index (χ0n) is 23.5. The monoisotopic (exact) mass is 663 g/mol. The van der Waals surface area contributed by atoms with E-state index < -0.39 is 26.8 Å². The molecule has 0 fully saturated rings. The van der Waals surface area contributed by atoms with Gasteiger partial charge in [0.05, 0.1) is 0 Å². The third-order valence-corrected chi connectivity index (χ3v) is 31.2. The largest absolute Gasteiger partial charge is 1.00 e. The summed E-state index contributed by atoms with van der Waals surface area (Å²) in [6, 6.07) is 44.1. The summed E-state index contributed by atoms with van der Waals surface area (Å²) in [6.45, 7) is 7.08. The van der Waals surface area contributed by atoms with E-state index in [-0.39, 0.29) is 30.2 Å². The van der Waals surface area contributed by atoms with Gasteiger partial charge in [0.1, 0.15) is 0 Å². The average molecular weight is 666 g/mol. The molecule has 0 saturated heterocycles. The van der Waals surface area contributed by atoms with Gasteiger partial charge in [-0.25, -0.2) is 0 Å². The maximum absolute atomic E-state index is 2.61. The van der Waals surface area contributed by atoms with Crippen molar-refractivity contribution in [2.75, 3.05) is 0 Å². The fraction of sp³-hybridized carbons (Fsp3) is 0.135. The first-order valence-corrected chi connectivity index (χ1v) is 22.8. The fourth-order valence-electron chi connectivity index (χ4n) is 7.44.